The Kier molecular flexibility index (Phi) is 4.02. The van der Waals surface area contributed by atoms with Crippen molar-refractivity contribution in [2.45, 2.75) is 32.1 Å². The van der Waals surface area contributed by atoms with Crippen molar-refractivity contribution in [1.82, 2.24) is 0 Å². The fourth-order valence-electron chi connectivity index (χ4n) is 0.884. The van der Waals surface area contributed by atoms with Gasteiger partial charge in [-0.1, -0.05) is 32.1 Å². The molecule has 1 fully saturated rings. The van der Waals surface area contributed by atoms with Crippen LogP contribution < -0.4 is 0 Å². The van der Waals surface area contributed by atoms with Crippen molar-refractivity contribution in [3.05, 3.63) is 0 Å². The van der Waals surface area contributed by atoms with E-state index in [1.807, 2.05) is 0 Å². The summed E-state index contributed by atoms with van der Waals surface area (Å²) in [5, 5.41) is 0. The summed E-state index contributed by atoms with van der Waals surface area (Å²) in [5.41, 5.74) is 0. The summed E-state index contributed by atoms with van der Waals surface area (Å²) in [5.74, 6) is 0. The van der Waals surface area contributed by atoms with Gasteiger partial charge in [0.05, 0.1) is 0 Å². The Labute approximate surface area is 49.8 Å². The topological polar surface area (TPSA) is 0 Å². The van der Waals surface area contributed by atoms with Gasteiger partial charge in [-0.2, -0.15) is 0 Å². The van der Waals surface area contributed by atoms with Crippen molar-refractivity contribution in [3.8, 4) is 0 Å². The molecule has 1 rings (SSSR count). The van der Waals surface area contributed by atoms with E-state index in [1.54, 1.807) is 0 Å². The Bertz CT molecular complexity index is 15.5. The van der Waals surface area contributed by atoms with Gasteiger partial charge < -0.3 is 0 Å². The molecule has 1 aliphatic rings. The van der Waals surface area contributed by atoms with Crippen LogP contribution in [0.15, 0.2) is 0 Å². The Morgan fingerprint density at radius 3 is 0.833 bits per heavy atom. The molecule has 0 saturated heterocycles. The standard InChI is InChI=1S/C5H10.H2Se/c1-2-4-5-3-1;/h1-5H2;1H2. The van der Waals surface area contributed by atoms with Crippen LogP contribution >= 0.6 is 0 Å². The zero-order valence-corrected chi connectivity index (χ0v) is 6.13. The molecule has 0 atom stereocenters. The van der Waals surface area contributed by atoms with Crippen LogP contribution in [0.5, 0.6) is 0 Å². The summed E-state index contributed by atoms with van der Waals surface area (Å²) in [6, 6.07) is 0. The maximum absolute atomic E-state index is 1.50. The third-order valence-electron chi connectivity index (χ3n) is 1.25. The van der Waals surface area contributed by atoms with Gasteiger partial charge in [0, 0.05) is 0 Å². The minimum absolute atomic E-state index is 0. The molecule has 6 heavy (non-hydrogen) atoms. The van der Waals surface area contributed by atoms with Gasteiger partial charge in [0.2, 0.25) is 0 Å². The monoisotopic (exact) mass is 152 g/mol. The van der Waals surface area contributed by atoms with Crippen molar-refractivity contribution in [2.24, 2.45) is 0 Å². The fourth-order valence-corrected chi connectivity index (χ4v) is 0.884. The molecule has 0 bridgehead atoms. The van der Waals surface area contributed by atoms with Gasteiger partial charge in [-0.15, -0.1) is 0 Å². The first-order valence-corrected chi connectivity index (χ1v) is 2.50. The first-order chi connectivity index (χ1) is 2.50. The fraction of sp³-hybridized carbons (Fsp3) is 1.00. The molecule has 0 radical (unpaired) electrons. The van der Waals surface area contributed by atoms with Gasteiger partial charge in [0.1, 0.15) is 0 Å². The van der Waals surface area contributed by atoms with Gasteiger partial charge in [0.25, 0.3) is 0 Å². The van der Waals surface area contributed by atoms with Gasteiger partial charge in [-0.3, -0.25) is 0 Å². The molecular formula is C5H12Se. The first-order valence-electron chi connectivity index (χ1n) is 2.50. The average molecular weight is 151 g/mol. The molecule has 0 aromatic heterocycles. The van der Waals surface area contributed by atoms with Crippen molar-refractivity contribution < 1.29 is 0 Å². The molecule has 1 saturated carbocycles. The third kappa shape index (κ3) is 1.84. The Morgan fingerprint density at radius 2 is 0.667 bits per heavy atom. The van der Waals surface area contributed by atoms with Crippen LogP contribution in [0, 0.1) is 0 Å². The van der Waals surface area contributed by atoms with Crippen LogP contribution in [-0.4, -0.2) is 17.1 Å². The summed E-state index contributed by atoms with van der Waals surface area (Å²) in [4.78, 5) is 0. The van der Waals surface area contributed by atoms with Crippen LogP contribution in [0.1, 0.15) is 32.1 Å². The molecule has 0 aromatic carbocycles. The van der Waals surface area contributed by atoms with Gasteiger partial charge in [0.15, 0.2) is 0 Å². The molecule has 0 aromatic rings. The van der Waals surface area contributed by atoms with E-state index in [0.29, 0.717) is 0 Å². The van der Waals surface area contributed by atoms with Crippen LogP contribution in [-0.2, 0) is 0 Å². The average Bonchev–Trinajstić information content (AvgIpc) is 1.76. The molecule has 0 spiro atoms. The molecule has 0 aliphatic heterocycles. The third-order valence-corrected chi connectivity index (χ3v) is 1.25. The Hall–Kier alpha value is 0.519. The molecule has 0 N–H and O–H groups in total. The zero-order valence-electron chi connectivity index (χ0n) is 4.04. The second-order valence-corrected chi connectivity index (χ2v) is 1.77. The predicted molar refractivity (Wildman–Crippen MR) is 31.6 cm³/mol. The minimum atomic E-state index is 0. The van der Waals surface area contributed by atoms with Crippen molar-refractivity contribution in [3.63, 3.8) is 0 Å². The van der Waals surface area contributed by atoms with E-state index < -0.39 is 0 Å². The van der Waals surface area contributed by atoms with Crippen molar-refractivity contribution in [1.29, 1.82) is 0 Å². The van der Waals surface area contributed by atoms with E-state index in [0.717, 1.165) is 0 Å². The number of rotatable bonds is 0. The van der Waals surface area contributed by atoms with E-state index in [4.69, 9.17) is 0 Å². The Balaban J connectivity index is 0.000000250. The van der Waals surface area contributed by atoms with E-state index in [-0.39, 0.29) is 17.1 Å². The van der Waals surface area contributed by atoms with Crippen LogP contribution in [0.2, 0.25) is 0 Å². The molecule has 0 heterocycles. The molecule has 1 heteroatoms. The second kappa shape index (κ2) is 3.70. The summed E-state index contributed by atoms with van der Waals surface area (Å²) in [6.07, 6.45) is 7.50. The molecule has 38 valence electrons. The Morgan fingerprint density at radius 1 is 0.500 bits per heavy atom. The summed E-state index contributed by atoms with van der Waals surface area (Å²) in [6.45, 7) is 0. The number of hydrogen-bond donors (Lipinski definition) is 0. The van der Waals surface area contributed by atoms with Crippen LogP contribution in [0.25, 0.3) is 0 Å². The van der Waals surface area contributed by atoms with Crippen molar-refractivity contribution >= 4 is 17.1 Å². The molecule has 0 amide bonds. The zero-order chi connectivity index (χ0) is 3.54. The van der Waals surface area contributed by atoms with Gasteiger partial charge in [-0.25, -0.2) is 0 Å². The predicted octanol–water partition coefficient (Wildman–Crippen LogP) is 1.03. The normalized spacial score (nSPS) is 20.0. The first kappa shape index (κ1) is 6.52. The van der Waals surface area contributed by atoms with Crippen LogP contribution in [0.4, 0.5) is 0 Å². The molecular weight excluding hydrogens is 139 g/mol. The number of hydrogen-bond acceptors (Lipinski definition) is 0. The SMILES string of the molecule is C1CCCC1.[SeH2]. The van der Waals surface area contributed by atoms with E-state index >= 15 is 0 Å². The van der Waals surface area contributed by atoms with Crippen molar-refractivity contribution in [2.75, 3.05) is 0 Å². The second-order valence-electron chi connectivity index (χ2n) is 1.77. The van der Waals surface area contributed by atoms with E-state index in [1.165, 1.54) is 32.1 Å². The summed E-state index contributed by atoms with van der Waals surface area (Å²) in [7, 11) is 0. The van der Waals surface area contributed by atoms with E-state index in [9.17, 15) is 0 Å². The van der Waals surface area contributed by atoms with Gasteiger partial charge in [-0.05, 0) is 0 Å². The van der Waals surface area contributed by atoms with Crippen LogP contribution in [0.3, 0.4) is 0 Å². The molecule has 1 aliphatic carbocycles. The summed E-state index contributed by atoms with van der Waals surface area (Å²) >= 11 is 0. The summed E-state index contributed by atoms with van der Waals surface area (Å²) < 4.78 is 0. The van der Waals surface area contributed by atoms with Gasteiger partial charge >= 0.3 is 17.1 Å². The molecule has 0 nitrogen and oxygen atoms in total. The quantitative estimate of drug-likeness (QED) is 0.454. The maximum atomic E-state index is 1.50. The van der Waals surface area contributed by atoms with E-state index in [2.05, 4.69) is 0 Å². The molecule has 0 unspecified atom stereocenters.